The second-order valence-electron chi connectivity index (χ2n) is 7.47. The SMILES string of the molecule is CN=C(NCCCCN(C)C(C)C)N1CC2CCCCC2C1.I. The largest absolute Gasteiger partial charge is 0.356 e. The highest BCUT2D eigenvalue weighted by Gasteiger charge is 2.35. The average Bonchev–Trinajstić information content (AvgIpc) is 2.94. The van der Waals surface area contributed by atoms with Crippen molar-refractivity contribution in [1.82, 2.24) is 15.1 Å². The summed E-state index contributed by atoms with van der Waals surface area (Å²) in [4.78, 5) is 9.43. The second kappa shape index (κ2) is 10.7. The minimum absolute atomic E-state index is 0. The number of aliphatic imine (C=N–C) groups is 1. The number of halogens is 1. The van der Waals surface area contributed by atoms with Crippen LogP contribution < -0.4 is 5.32 Å². The van der Waals surface area contributed by atoms with E-state index in [4.69, 9.17) is 0 Å². The van der Waals surface area contributed by atoms with Crippen LogP contribution in [0.15, 0.2) is 4.99 Å². The molecule has 1 saturated carbocycles. The second-order valence-corrected chi connectivity index (χ2v) is 7.47. The highest BCUT2D eigenvalue weighted by molar-refractivity contribution is 14.0. The van der Waals surface area contributed by atoms with Crippen LogP contribution in [-0.2, 0) is 0 Å². The molecule has 1 aliphatic carbocycles. The van der Waals surface area contributed by atoms with Crippen LogP contribution in [0.3, 0.4) is 0 Å². The van der Waals surface area contributed by atoms with Gasteiger partial charge in [-0.1, -0.05) is 12.8 Å². The predicted octanol–water partition coefficient (Wildman–Crippen LogP) is 3.42. The summed E-state index contributed by atoms with van der Waals surface area (Å²) in [5.74, 6) is 2.98. The molecule has 2 unspecified atom stereocenters. The van der Waals surface area contributed by atoms with Gasteiger partial charge in [-0.15, -0.1) is 24.0 Å². The van der Waals surface area contributed by atoms with Crippen LogP contribution in [0.5, 0.6) is 0 Å². The molecule has 23 heavy (non-hydrogen) atoms. The molecule has 1 saturated heterocycles. The lowest BCUT2D eigenvalue weighted by Crippen LogP contribution is -2.40. The average molecular weight is 436 g/mol. The van der Waals surface area contributed by atoms with E-state index < -0.39 is 0 Å². The Kier molecular flexibility index (Phi) is 9.82. The van der Waals surface area contributed by atoms with Gasteiger partial charge in [0.2, 0.25) is 0 Å². The summed E-state index contributed by atoms with van der Waals surface area (Å²) >= 11 is 0. The van der Waals surface area contributed by atoms with E-state index in [0.717, 1.165) is 24.3 Å². The molecule has 5 heteroatoms. The molecule has 0 aromatic heterocycles. The molecule has 0 spiro atoms. The Hall–Kier alpha value is -0.0400. The number of hydrogen-bond donors (Lipinski definition) is 1. The first-order valence-electron chi connectivity index (χ1n) is 9.27. The number of fused-ring (bicyclic) bond motifs is 1. The van der Waals surface area contributed by atoms with Gasteiger partial charge in [-0.05, 0) is 65.0 Å². The maximum absolute atomic E-state index is 4.51. The monoisotopic (exact) mass is 436 g/mol. The fourth-order valence-corrected chi connectivity index (χ4v) is 3.86. The third kappa shape index (κ3) is 6.40. The van der Waals surface area contributed by atoms with Crippen molar-refractivity contribution in [2.75, 3.05) is 40.3 Å². The molecule has 0 aromatic rings. The molecule has 2 atom stereocenters. The lowest BCUT2D eigenvalue weighted by molar-refractivity contribution is 0.268. The van der Waals surface area contributed by atoms with Crippen molar-refractivity contribution in [3.8, 4) is 0 Å². The minimum atomic E-state index is 0. The van der Waals surface area contributed by atoms with Crippen LogP contribution in [0.1, 0.15) is 52.4 Å². The Balaban J connectivity index is 0.00000264. The Morgan fingerprint density at radius 1 is 1.17 bits per heavy atom. The van der Waals surface area contributed by atoms with E-state index in [1.807, 2.05) is 7.05 Å². The summed E-state index contributed by atoms with van der Waals surface area (Å²) in [6.45, 7) is 9.19. The van der Waals surface area contributed by atoms with Crippen molar-refractivity contribution >= 4 is 29.9 Å². The molecule has 2 rings (SSSR count). The van der Waals surface area contributed by atoms with Crippen molar-refractivity contribution in [3.05, 3.63) is 0 Å². The van der Waals surface area contributed by atoms with Crippen molar-refractivity contribution in [1.29, 1.82) is 0 Å². The number of nitrogens with zero attached hydrogens (tertiary/aromatic N) is 3. The third-order valence-electron chi connectivity index (χ3n) is 5.59. The zero-order valence-corrected chi connectivity index (χ0v) is 17.9. The molecule has 1 aliphatic heterocycles. The zero-order chi connectivity index (χ0) is 15.9. The Morgan fingerprint density at radius 3 is 2.30 bits per heavy atom. The Bertz CT molecular complexity index is 345. The van der Waals surface area contributed by atoms with Gasteiger partial charge in [0.15, 0.2) is 5.96 Å². The smallest absolute Gasteiger partial charge is 0.193 e. The van der Waals surface area contributed by atoms with Gasteiger partial charge in [-0.3, -0.25) is 4.99 Å². The fraction of sp³-hybridized carbons (Fsp3) is 0.944. The first-order chi connectivity index (χ1) is 10.6. The molecule has 2 aliphatic rings. The van der Waals surface area contributed by atoms with Gasteiger partial charge in [0.1, 0.15) is 0 Å². The maximum atomic E-state index is 4.51. The molecule has 0 amide bonds. The number of unbranched alkanes of at least 4 members (excludes halogenated alkanes) is 1. The number of likely N-dealkylation sites (tertiary alicyclic amines) is 1. The molecular weight excluding hydrogens is 399 g/mol. The molecule has 2 fully saturated rings. The van der Waals surface area contributed by atoms with Crippen molar-refractivity contribution in [2.45, 2.75) is 58.4 Å². The summed E-state index contributed by atoms with van der Waals surface area (Å²) in [5, 5.41) is 3.58. The molecular formula is C18H37IN4. The Morgan fingerprint density at radius 2 is 1.78 bits per heavy atom. The normalized spacial score (nSPS) is 24.8. The van der Waals surface area contributed by atoms with Crippen LogP contribution in [-0.4, -0.2) is 62.1 Å². The van der Waals surface area contributed by atoms with E-state index in [1.54, 1.807) is 0 Å². The van der Waals surface area contributed by atoms with Gasteiger partial charge in [-0.25, -0.2) is 0 Å². The lowest BCUT2D eigenvalue weighted by Gasteiger charge is -2.23. The summed E-state index contributed by atoms with van der Waals surface area (Å²) < 4.78 is 0. The van der Waals surface area contributed by atoms with Crippen molar-refractivity contribution < 1.29 is 0 Å². The highest BCUT2D eigenvalue weighted by atomic mass is 127. The standard InChI is InChI=1S/C18H36N4.HI/c1-15(2)21(4)12-8-7-11-20-18(19-3)22-13-16-9-5-6-10-17(16)14-22;/h15-17H,5-14H2,1-4H3,(H,19,20);1H. The number of nitrogens with one attached hydrogen (secondary N) is 1. The van der Waals surface area contributed by atoms with E-state index in [2.05, 4.69) is 41.0 Å². The lowest BCUT2D eigenvalue weighted by atomic mass is 9.82. The van der Waals surface area contributed by atoms with Gasteiger partial charge in [0.25, 0.3) is 0 Å². The number of rotatable bonds is 6. The first kappa shape index (κ1) is 21.0. The van der Waals surface area contributed by atoms with Gasteiger partial charge >= 0.3 is 0 Å². The van der Waals surface area contributed by atoms with Gasteiger partial charge < -0.3 is 15.1 Å². The van der Waals surface area contributed by atoms with E-state index in [0.29, 0.717) is 6.04 Å². The van der Waals surface area contributed by atoms with Crippen molar-refractivity contribution in [3.63, 3.8) is 0 Å². The molecule has 0 aromatic carbocycles. The predicted molar refractivity (Wildman–Crippen MR) is 111 cm³/mol. The first-order valence-corrected chi connectivity index (χ1v) is 9.27. The van der Waals surface area contributed by atoms with Crippen molar-refractivity contribution in [2.24, 2.45) is 16.8 Å². The van der Waals surface area contributed by atoms with E-state index in [9.17, 15) is 0 Å². The summed E-state index contributed by atoms with van der Waals surface area (Å²) in [7, 11) is 4.14. The van der Waals surface area contributed by atoms with Crippen LogP contribution in [0, 0.1) is 11.8 Å². The third-order valence-corrected chi connectivity index (χ3v) is 5.59. The van der Waals surface area contributed by atoms with Crippen LogP contribution in [0.25, 0.3) is 0 Å². The summed E-state index contributed by atoms with van der Waals surface area (Å²) in [5.41, 5.74) is 0. The number of guanidine groups is 1. The molecule has 0 radical (unpaired) electrons. The topological polar surface area (TPSA) is 30.9 Å². The highest BCUT2D eigenvalue weighted by Crippen LogP contribution is 2.35. The van der Waals surface area contributed by atoms with E-state index >= 15 is 0 Å². The van der Waals surface area contributed by atoms with Gasteiger partial charge in [0.05, 0.1) is 0 Å². The molecule has 0 bridgehead atoms. The Labute approximate surface area is 160 Å². The summed E-state index contributed by atoms with van der Waals surface area (Å²) in [6, 6.07) is 0.647. The molecule has 136 valence electrons. The van der Waals surface area contributed by atoms with Gasteiger partial charge in [0, 0.05) is 32.7 Å². The van der Waals surface area contributed by atoms with E-state index in [1.165, 1.54) is 58.2 Å². The van der Waals surface area contributed by atoms with Gasteiger partial charge in [-0.2, -0.15) is 0 Å². The zero-order valence-electron chi connectivity index (χ0n) is 15.6. The van der Waals surface area contributed by atoms with Crippen LogP contribution >= 0.6 is 24.0 Å². The maximum Gasteiger partial charge on any atom is 0.193 e. The summed E-state index contributed by atoms with van der Waals surface area (Å²) in [6.07, 6.45) is 8.20. The number of hydrogen-bond acceptors (Lipinski definition) is 2. The molecule has 1 heterocycles. The van der Waals surface area contributed by atoms with Crippen LogP contribution in [0.2, 0.25) is 0 Å². The van der Waals surface area contributed by atoms with E-state index in [-0.39, 0.29) is 24.0 Å². The molecule has 4 nitrogen and oxygen atoms in total. The fourth-order valence-electron chi connectivity index (χ4n) is 3.86. The minimum Gasteiger partial charge on any atom is -0.356 e. The quantitative estimate of drug-likeness (QED) is 0.300. The van der Waals surface area contributed by atoms with Crippen LogP contribution in [0.4, 0.5) is 0 Å². The molecule has 1 N–H and O–H groups in total.